The molecule has 23 heavy (non-hydrogen) atoms. The van der Waals surface area contributed by atoms with E-state index in [0.717, 1.165) is 16.6 Å². The number of anilines is 1. The van der Waals surface area contributed by atoms with Gasteiger partial charge >= 0.3 is 0 Å². The first-order valence-corrected chi connectivity index (χ1v) is 7.55. The van der Waals surface area contributed by atoms with Crippen LogP contribution in [-0.4, -0.2) is 9.55 Å². The maximum Gasteiger partial charge on any atom is 0.273 e. The predicted molar refractivity (Wildman–Crippen MR) is 93.3 cm³/mol. The van der Waals surface area contributed by atoms with Crippen molar-refractivity contribution in [1.82, 2.24) is 9.55 Å². The molecular formula is C17H16ClN3O2. The molecule has 0 bridgehead atoms. The summed E-state index contributed by atoms with van der Waals surface area (Å²) in [5.74, 6) is 0. The number of hydrogen-bond donors (Lipinski definition) is 2. The molecule has 2 aromatic heterocycles. The van der Waals surface area contributed by atoms with E-state index in [2.05, 4.69) is 10.3 Å². The van der Waals surface area contributed by atoms with Crippen molar-refractivity contribution in [3.8, 4) is 0 Å². The minimum absolute atomic E-state index is 0.120. The third-order valence-electron chi connectivity index (χ3n) is 3.91. The molecular weight excluding hydrogens is 314 g/mol. The monoisotopic (exact) mass is 329 g/mol. The highest BCUT2D eigenvalue weighted by molar-refractivity contribution is 6.31. The minimum atomic E-state index is -0.184. The van der Waals surface area contributed by atoms with Crippen LogP contribution in [0.15, 0.2) is 46.0 Å². The van der Waals surface area contributed by atoms with Crippen molar-refractivity contribution in [2.24, 2.45) is 7.05 Å². The lowest BCUT2D eigenvalue weighted by Crippen LogP contribution is -2.24. The number of hydrogen-bond acceptors (Lipinski definition) is 3. The van der Waals surface area contributed by atoms with Crippen LogP contribution in [0, 0.1) is 6.92 Å². The second kappa shape index (κ2) is 5.93. The number of rotatable bonds is 3. The quantitative estimate of drug-likeness (QED) is 0.776. The molecule has 0 fully saturated rings. The number of aryl methyl sites for hydroxylation is 1. The number of halogens is 1. The molecule has 0 atom stereocenters. The number of nitrogens with zero attached hydrogens (tertiary/aromatic N) is 1. The average Bonchev–Trinajstić information content (AvgIpc) is 2.52. The molecule has 0 aliphatic carbocycles. The van der Waals surface area contributed by atoms with E-state index in [1.165, 1.54) is 0 Å². The molecule has 0 spiro atoms. The third-order valence-corrected chi connectivity index (χ3v) is 4.14. The molecule has 5 nitrogen and oxygen atoms in total. The van der Waals surface area contributed by atoms with Crippen molar-refractivity contribution >= 4 is 28.2 Å². The van der Waals surface area contributed by atoms with Gasteiger partial charge in [-0.2, -0.15) is 0 Å². The zero-order valence-corrected chi connectivity index (χ0v) is 13.6. The summed E-state index contributed by atoms with van der Waals surface area (Å²) < 4.78 is 1.56. The molecule has 118 valence electrons. The van der Waals surface area contributed by atoms with Crippen LogP contribution in [0.1, 0.15) is 11.3 Å². The standard InChI is InChI=1S/C17H16ClN3O2/c1-10-3-5-15(17(23)21(10)2)19-9-12-7-11-8-13(18)4-6-14(11)20-16(12)22/h3-8,19H,9H2,1-2H3,(H,20,22). The molecule has 0 saturated carbocycles. The lowest BCUT2D eigenvalue weighted by Gasteiger charge is -2.09. The van der Waals surface area contributed by atoms with Gasteiger partial charge in [0.1, 0.15) is 5.69 Å². The van der Waals surface area contributed by atoms with Crippen LogP contribution in [0.3, 0.4) is 0 Å². The van der Waals surface area contributed by atoms with Crippen LogP contribution in [0.5, 0.6) is 0 Å². The fraction of sp³-hybridized carbons (Fsp3) is 0.176. The van der Waals surface area contributed by atoms with Crippen LogP contribution < -0.4 is 16.4 Å². The Bertz CT molecular complexity index is 1000. The van der Waals surface area contributed by atoms with Crippen molar-refractivity contribution < 1.29 is 0 Å². The Morgan fingerprint density at radius 3 is 2.74 bits per heavy atom. The topological polar surface area (TPSA) is 66.9 Å². The van der Waals surface area contributed by atoms with Gasteiger partial charge in [0.25, 0.3) is 11.1 Å². The second-order valence-electron chi connectivity index (χ2n) is 5.46. The number of benzene rings is 1. The van der Waals surface area contributed by atoms with E-state index >= 15 is 0 Å². The van der Waals surface area contributed by atoms with Crippen LogP contribution in [0.25, 0.3) is 10.9 Å². The normalized spacial score (nSPS) is 10.9. The largest absolute Gasteiger partial charge is 0.376 e. The highest BCUT2D eigenvalue weighted by atomic mass is 35.5. The van der Waals surface area contributed by atoms with Crippen molar-refractivity contribution in [3.05, 3.63) is 73.4 Å². The average molecular weight is 330 g/mol. The Labute approximate surface area is 137 Å². The van der Waals surface area contributed by atoms with Gasteiger partial charge in [0.2, 0.25) is 0 Å². The van der Waals surface area contributed by atoms with E-state index in [1.54, 1.807) is 41.9 Å². The lowest BCUT2D eigenvalue weighted by atomic mass is 10.1. The molecule has 0 aliphatic rings. The zero-order chi connectivity index (χ0) is 16.6. The van der Waals surface area contributed by atoms with Gasteiger partial charge in [0.05, 0.1) is 0 Å². The van der Waals surface area contributed by atoms with Crippen molar-refractivity contribution in [3.63, 3.8) is 0 Å². The summed E-state index contributed by atoms with van der Waals surface area (Å²) in [4.78, 5) is 27.1. The highest BCUT2D eigenvalue weighted by Gasteiger charge is 2.06. The fourth-order valence-corrected chi connectivity index (χ4v) is 2.59. The van der Waals surface area contributed by atoms with Gasteiger partial charge < -0.3 is 14.9 Å². The van der Waals surface area contributed by atoms with E-state index in [4.69, 9.17) is 11.6 Å². The van der Waals surface area contributed by atoms with Gasteiger partial charge in [-0.1, -0.05) is 11.6 Å². The lowest BCUT2D eigenvalue weighted by molar-refractivity contribution is 0.818. The summed E-state index contributed by atoms with van der Waals surface area (Å²) in [6, 6.07) is 10.7. The molecule has 2 N–H and O–H groups in total. The molecule has 0 unspecified atom stereocenters. The molecule has 0 saturated heterocycles. The number of aromatic nitrogens is 2. The van der Waals surface area contributed by atoms with Gasteiger partial charge in [-0.25, -0.2) is 0 Å². The molecule has 3 rings (SSSR count). The Hall–Kier alpha value is -2.53. The molecule has 0 amide bonds. The summed E-state index contributed by atoms with van der Waals surface area (Å²) in [6.07, 6.45) is 0. The van der Waals surface area contributed by atoms with E-state index in [0.29, 0.717) is 16.3 Å². The maximum atomic E-state index is 12.1. The number of H-pyrrole nitrogens is 1. The number of fused-ring (bicyclic) bond motifs is 1. The second-order valence-corrected chi connectivity index (χ2v) is 5.90. The summed E-state index contributed by atoms with van der Waals surface area (Å²) >= 11 is 5.99. The van der Waals surface area contributed by atoms with Crippen LogP contribution >= 0.6 is 11.6 Å². The molecule has 0 radical (unpaired) electrons. The van der Waals surface area contributed by atoms with Crippen molar-refractivity contribution in [2.45, 2.75) is 13.5 Å². The van der Waals surface area contributed by atoms with Crippen LogP contribution in [-0.2, 0) is 13.6 Å². The Morgan fingerprint density at radius 1 is 1.17 bits per heavy atom. The van der Waals surface area contributed by atoms with Crippen molar-refractivity contribution in [2.75, 3.05) is 5.32 Å². The molecule has 0 aliphatic heterocycles. The molecule has 3 aromatic rings. The number of pyridine rings is 2. The van der Waals surface area contributed by atoms with Gasteiger partial charge in [0.15, 0.2) is 0 Å². The molecule has 6 heteroatoms. The minimum Gasteiger partial charge on any atom is -0.376 e. The summed E-state index contributed by atoms with van der Waals surface area (Å²) in [5, 5.41) is 4.49. The molecule has 2 heterocycles. The SMILES string of the molecule is Cc1ccc(NCc2cc3cc(Cl)ccc3[nH]c2=O)c(=O)n1C. The van der Waals surface area contributed by atoms with Crippen LogP contribution in [0.2, 0.25) is 5.02 Å². The summed E-state index contributed by atoms with van der Waals surface area (Å²) in [7, 11) is 1.72. The number of nitrogens with one attached hydrogen (secondary N) is 2. The number of aromatic amines is 1. The van der Waals surface area contributed by atoms with Gasteiger partial charge in [0, 0.05) is 40.8 Å². The Kier molecular flexibility index (Phi) is 3.96. The van der Waals surface area contributed by atoms with Crippen LogP contribution in [0.4, 0.5) is 5.69 Å². The summed E-state index contributed by atoms with van der Waals surface area (Å²) in [5.41, 5.74) is 2.31. The van der Waals surface area contributed by atoms with Gasteiger partial charge in [-0.05, 0) is 43.3 Å². The van der Waals surface area contributed by atoms with Crippen molar-refractivity contribution in [1.29, 1.82) is 0 Å². The smallest absolute Gasteiger partial charge is 0.273 e. The third kappa shape index (κ3) is 3.00. The first-order chi connectivity index (χ1) is 11.0. The molecule has 1 aromatic carbocycles. The van der Waals surface area contributed by atoms with Gasteiger partial charge in [-0.15, -0.1) is 0 Å². The Balaban J connectivity index is 1.93. The summed E-state index contributed by atoms with van der Waals surface area (Å²) in [6.45, 7) is 2.12. The fourth-order valence-electron chi connectivity index (χ4n) is 2.41. The van der Waals surface area contributed by atoms with E-state index < -0.39 is 0 Å². The highest BCUT2D eigenvalue weighted by Crippen LogP contribution is 2.17. The van der Waals surface area contributed by atoms with E-state index in [-0.39, 0.29) is 17.7 Å². The first kappa shape index (κ1) is 15.4. The van der Waals surface area contributed by atoms with Gasteiger partial charge in [-0.3, -0.25) is 9.59 Å². The van der Waals surface area contributed by atoms with E-state index in [1.807, 2.05) is 13.0 Å². The first-order valence-electron chi connectivity index (χ1n) is 7.17. The maximum absolute atomic E-state index is 12.1. The Morgan fingerprint density at radius 2 is 1.96 bits per heavy atom. The zero-order valence-electron chi connectivity index (χ0n) is 12.8. The van der Waals surface area contributed by atoms with E-state index in [9.17, 15) is 9.59 Å². The predicted octanol–water partition coefficient (Wildman–Crippen LogP) is 2.80.